The quantitative estimate of drug-likeness (QED) is 0.152. The Balaban J connectivity index is -0.000000155. The predicted molar refractivity (Wildman–Crippen MR) is 305 cm³/mol. The summed E-state index contributed by atoms with van der Waals surface area (Å²) in [6.07, 6.45) is 6.41. The van der Waals surface area contributed by atoms with Gasteiger partial charge < -0.3 is 0 Å². The summed E-state index contributed by atoms with van der Waals surface area (Å²) in [6, 6.07) is 63.8. The van der Waals surface area contributed by atoms with Gasteiger partial charge in [-0.05, 0) is 63.7 Å². The highest BCUT2D eigenvalue weighted by Crippen LogP contribution is 2.35. The van der Waals surface area contributed by atoms with E-state index in [-0.39, 0.29) is 0 Å². The molecule has 0 saturated carbocycles. The van der Waals surface area contributed by atoms with Crippen LogP contribution >= 0.6 is 0 Å². The van der Waals surface area contributed by atoms with Gasteiger partial charge in [-0.2, -0.15) is 0 Å². The van der Waals surface area contributed by atoms with Crippen molar-refractivity contribution in [3.63, 3.8) is 0 Å². The van der Waals surface area contributed by atoms with Crippen molar-refractivity contribution in [2.45, 2.75) is 145 Å². The summed E-state index contributed by atoms with van der Waals surface area (Å²) in [4.78, 5) is 7.97. The fourth-order valence-electron chi connectivity index (χ4n) is 4.93. The molecule has 2 heteroatoms. The highest BCUT2D eigenvalue weighted by atomic mass is 14.6. The third kappa shape index (κ3) is 35.2. The van der Waals surface area contributed by atoms with Gasteiger partial charge in [-0.15, -0.1) is 0 Å². The number of aromatic nitrogens is 2. The van der Waals surface area contributed by atoms with Gasteiger partial charge in [-0.3, -0.25) is 9.97 Å². The van der Waals surface area contributed by atoms with Crippen LogP contribution in [0.15, 0.2) is 207 Å². The molecule has 65 heavy (non-hydrogen) atoms. The minimum absolute atomic E-state index is 1.06. The first kappa shape index (κ1) is 70.8. The van der Waals surface area contributed by atoms with Gasteiger partial charge in [-0.1, -0.05) is 302 Å². The number of pyridine rings is 2. The number of hydrogen-bond acceptors (Lipinski definition) is 2. The van der Waals surface area contributed by atoms with Gasteiger partial charge in [0, 0.05) is 24.0 Å². The van der Waals surface area contributed by atoms with Crippen molar-refractivity contribution in [1.29, 1.82) is 0 Å². The standard InChI is InChI=1S/C13H10.C10H8.C9H7N.C6H6.C5H5N.10C2H6/c1-3-7-12-10(5-1)9-11-6-2-4-8-13(11)12;1-2-6-10-8-4-3-7-9(10)5-1;1-2-6-9-8(4-1)5-3-7-10-9;2*1-2-4-6-5-3-1;10*1-2/h1-8H,9H2;1-8H;1-7H;1-6H;1-5H;10*1-2H3. The van der Waals surface area contributed by atoms with E-state index in [4.69, 9.17) is 0 Å². The Morgan fingerprint density at radius 2 is 0.523 bits per heavy atom. The van der Waals surface area contributed by atoms with Gasteiger partial charge in [0.15, 0.2) is 0 Å². The molecule has 0 N–H and O–H groups in total. The van der Waals surface area contributed by atoms with E-state index in [2.05, 4.69) is 119 Å². The van der Waals surface area contributed by atoms with Crippen molar-refractivity contribution in [2.75, 3.05) is 0 Å². The fourth-order valence-corrected chi connectivity index (χ4v) is 4.93. The summed E-state index contributed by atoms with van der Waals surface area (Å²) >= 11 is 0. The van der Waals surface area contributed by atoms with Crippen molar-refractivity contribution in [1.82, 2.24) is 9.97 Å². The number of nitrogens with zero attached hydrogens (tertiary/aromatic N) is 2. The molecule has 0 amide bonds. The van der Waals surface area contributed by atoms with E-state index < -0.39 is 0 Å². The molecule has 1 aliphatic rings. The first-order valence-corrected chi connectivity index (χ1v) is 25.1. The second-order valence-electron chi connectivity index (χ2n) is 10.2. The summed E-state index contributed by atoms with van der Waals surface area (Å²) in [7, 11) is 0. The summed E-state index contributed by atoms with van der Waals surface area (Å²) in [5, 5.41) is 3.82. The maximum absolute atomic E-state index is 4.18. The first-order valence-electron chi connectivity index (χ1n) is 25.1. The number of benzene rings is 6. The van der Waals surface area contributed by atoms with Gasteiger partial charge in [0.25, 0.3) is 0 Å². The Morgan fingerprint density at radius 1 is 0.246 bits per heavy atom. The molecule has 0 fully saturated rings. The average molecular weight is 881 g/mol. The number of hydrogen-bond donors (Lipinski definition) is 0. The monoisotopic (exact) mass is 881 g/mol. The summed E-state index contributed by atoms with van der Waals surface area (Å²) < 4.78 is 0. The van der Waals surface area contributed by atoms with Gasteiger partial charge in [-0.25, -0.2) is 0 Å². The van der Waals surface area contributed by atoms with Gasteiger partial charge in [0.1, 0.15) is 0 Å². The van der Waals surface area contributed by atoms with E-state index in [9.17, 15) is 0 Å². The van der Waals surface area contributed by atoms with Crippen LogP contribution in [0, 0.1) is 0 Å². The van der Waals surface area contributed by atoms with Crippen molar-refractivity contribution >= 4 is 21.7 Å². The Labute approximate surface area is 403 Å². The lowest BCUT2D eigenvalue weighted by atomic mass is 10.1. The van der Waals surface area contributed by atoms with Crippen LogP contribution in [0.1, 0.15) is 150 Å². The molecular formula is C63H96N2. The second kappa shape index (κ2) is 62.4. The zero-order chi connectivity index (χ0) is 50.8. The molecule has 9 rings (SSSR count). The first-order chi connectivity index (χ1) is 32.4. The van der Waals surface area contributed by atoms with Crippen molar-refractivity contribution in [3.8, 4) is 11.1 Å². The minimum Gasteiger partial charge on any atom is -0.265 e. The van der Waals surface area contributed by atoms with E-state index in [1.165, 1.54) is 38.4 Å². The molecule has 0 unspecified atom stereocenters. The van der Waals surface area contributed by atoms with Crippen molar-refractivity contribution < 1.29 is 0 Å². The zero-order valence-electron chi connectivity index (χ0n) is 45.2. The number of fused-ring (bicyclic) bond motifs is 5. The van der Waals surface area contributed by atoms with Gasteiger partial charge in [0.2, 0.25) is 0 Å². The van der Waals surface area contributed by atoms with E-state index in [0.29, 0.717) is 0 Å². The van der Waals surface area contributed by atoms with Gasteiger partial charge >= 0.3 is 0 Å². The highest BCUT2D eigenvalue weighted by molar-refractivity contribution is 5.82. The maximum atomic E-state index is 4.18. The number of rotatable bonds is 0. The molecule has 0 bridgehead atoms. The molecule has 2 aromatic heterocycles. The summed E-state index contributed by atoms with van der Waals surface area (Å²) in [6.45, 7) is 40.0. The molecular weight excluding hydrogens is 785 g/mol. The van der Waals surface area contributed by atoms with Crippen LogP contribution in [0.5, 0.6) is 0 Å². The Hall–Kier alpha value is -5.86. The van der Waals surface area contributed by atoms with Crippen molar-refractivity contribution in [3.05, 3.63) is 218 Å². The van der Waals surface area contributed by atoms with Crippen LogP contribution in [-0.2, 0) is 6.42 Å². The average Bonchev–Trinajstić information content (AvgIpc) is 3.85. The molecule has 0 saturated heterocycles. The number of para-hydroxylation sites is 1. The molecule has 0 aliphatic heterocycles. The molecule has 1 aliphatic carbocycles. The highest BCUT2D eigenvalue weighted by Gasteiger charge is 2.15. The summed E-state index contributed by atoms with van der Waals surface area (Å²) in [5.41, 5.74) is 6.81. The van der Waals surface area contributed by atoms with E-state index in [1.54, 1.807) is 12.4 Å². The minimum atomic E-state index is 1.06. The lowest BCUT2D eigenvalue weighted by molar-refractivity contribution is 1.26. The topological polar surface area (TPSA) is 25.8 Å². The van der Waals surface area contributed by atoms with Crippen LogP contribution in [0.25, 0.3) is 32.8 Å². The van der Waals surface area contributed by atoms with Crippen LogP contribution < -0.4 is 0 Å². The van der Waals surface area contributed by atoms with Crippen LogP contribution in [0.2, 0.25) is 0 Å². The molecule has 2 nitrogen and oxygen atoms in total. The molecule has 0 radical (unpaired) electrons. The Morgan fingerprint density at radius 3 is 0.831 bits per heavy atom. The molecule has 6 aromatic carbocycles. The van der Waals surface area contributed by atoms with Crippen LogP contribution in [-0.4, -0.2) is 9.97 Å². The Bertz CT molecular complexity index is 1660. The Kier molecular flexibility index (Phi) is 68.0. The van der Waals surface area contributed by atoms with Crippen LogP contribution in [0.3, 0.4) is 0 Å². The predicted octanol–water partition coefficient (Wildman–Crippen LogP) is 21.4. The van der Waals surface area contributed by atoms with E-state index in [0.717, 1.165) is 11.9 Å². The maximum Gasteiger partial charge on any atom is 0.0701 e. The lowest BCUT2D eigenvalue weighted by Crippen LogP contribution is -1.77. The fraction of sp³-hybridized carbons (Fsp3) is 0.333. The largest absolute Gasteiger partial charge is 0.265 e. The van der Waals surface area contributed by atoms with Crippen LogP contribution in [0.4, 0.5) is 0 Å². The third-order valence-electron chi connectivity index (χ3n) is 7.11. The van der Waals surface area contributed by atoms with Gasteiger partial charge in [0.05, 0.1) is 5.52 Å². The molecule has 0 atom stereocenters. The molecule has 8 aromatic rings. The third-order valence-corrected chi connectivity index (χ3v) is 7.11. The molecule has 2 heterocycles. The van der Waals surface area contributed by atoms with E-state index >= 15 is 0 Å². The zero-order valence-corrected chi connectivity index (χ0v) is 45.2. The normalized spacial score (nSPS) is 7.94. The molecule has 358 valence electrons. The SMILES string of the molecule is CC.CC.CC.CC.CC.CC.CC.CC.CC.CC.c1ccc2c(c1)Cc1ccccc1-2.c1ccc2ccccc2c1.c1ccc2ncccc2c1.c1ccccc1.c1ccncc1. The van der Waals surface area contributed by atoms with E-state index in [1.807, 2.05) is 224 Å². The second-order valence-corrected chi connectivity index (χ2v) is 10.2. The van der Waals surface area contributed by atoms with Crippen molar-refractivity contribution in [2.24, 2.45) is 0 Å². The smallest absolute Gasteiger partial charge is 0.0701 e. The summed E-state index contributed by atoms with van der Waals surface area (Å²) in [5.74, 6) is 0. The molecule has 0 spiro atoms. The lowest BCUT2D eigenvalue weighted by Gasteiger charge is -1.98.